The maximum atomic E-state index is 11.7. The topological polar surface area (TPSA) is 12.0 Å². The van der Waals surface area contributed by atoms with E-state index >= 15 is 0 Å². The fraction of sp³-hybridized carbons (Fsp3) is 0.800. The predicted molar refractivity (Wildman–Crippen MR) is 60.0 cm³/mol. The Hall–Kier alpha value is -0.160. The first-order valence-corrected chi connectivity index (χ1v) is 6.07. The van der Waals surface area contributed by atoms with Crippen LogP contribution in [0.3, 0.4) is 0 Å². The SMILES string of the molecule is C=CCCCCCNCCSC(F)(F)F. The van der Waals surface area contributed by atoms with Gasteiger partial charge in [-0.2, -0.15) is 13.2 Å². The summed E-state index contributed by atoms with van der Waals surface area (Å²) in [6, 6.07) is 0. The molecule has 0 saturated carbocycles. The van der Waals surface area contributed by atoms with Gasteiger partial charge in [-0.05, 0) is 37.6 Å². The van der Waals surface area contributed by atoms with Gasteiger partial charge in [0.1, 0.15) is 0 Å². The molecule has 90 valence electrons. The van der Waals surface area contributed by atoms with Crippen molar-refractivity contribution in [1.29, 1.82) is 0 Å². The van der Waals surface area contributed by atoms with E-state index in [1.165, 1.54) is 0 Å². The van der Waals surface area contributed by atoms with E-state index in [4.69, 9.17) is 0 Å². The molecule has 5 heteroatoms. The number of hydrogen-bond acceptors (Lipinski definition) is 2. The summed E-state index contributed by atoms with van der Waals surface area (Å²) < 4.78 is 35.1. The molecule has 0 aliphatic rings. The molecular weight excluding hydrogens is 223 g/mol. The molecular formula is C10H18F3NS. The second-order valence-corrected chi connectivity index (χ2v) is 4.34. The molecule has 15 heavy (non-hydrogen) atoms. The summed E-state index contributed by atoms with van der Waals surface area (Å²) >= 11 is 0.0297. The Kier molecular flexibility index (Phi) is 9.00. The van der Waals surface area contributed by atoms with E-state index in [-0.39, 0.29) is 17.5 Å². The molecule has 0 rings (SSSR count). The van der Waals surface area contributed by atoms with Crippen LogP contribution in [0.15, 0.2) is 12.7 Å². The van der Waals surface area contributed by atoms with Crippen molar-refractivity contribution >= 4 is 11.8 Å². The summed E-state index contributed by atoms with van der Waals surface area (Å²) in [5.41, 5.74) is -4.09. The summed E-state index contributed by atoms with van der Waals surface area (Å²) in [4.78, 5) is 0. The summed E-state index contributed by atoms with van der Waals surface area (Å²) in [7, 11) is 0. The van der Waals surface area contributed by atoms with Gasteiger partial charge in [-0.15, -0.1) is 6.58 Å². The van der Waals surface area contributed by atoms with Gasteiger partial charge in [0.2, 0.25) is 0 Å². The van der Waals surface area contributed by atoms with Crippen molar-refractivity contribution in [3.8, 4) is 0 Å². The Bertz CT molecular complexity index is 159. The van der Waals surface area contributed by atoms with Crippen LogP contribution >= 0.6 is 11.8 Å². The van der Waals surface area contributed by atoms with Crippen molar-refractivity contribution in [2.24, 2.45) is 0 Å². The van der Waals surface area contributed by atoms with Crippen LogP contribution in [0, 0.1) is 0 Å². The highest BCUT2D eigenvalue weighted by molar-refractivity contribution is 8.00. The van der Waals surface area contributed by atoms with Crippen LogP contribution in [-0.2, 0) is 0 Å². The van der Waals surface area contributed by atoms with Gasteiger partial charge in [-0.3, -0.25) is 0 Å². The van der Waals surface area contributed by atoms with E-state index < -0.39 is 5.51 Å². The third kappa shape index (κ3) is 13.8. The summed E-state index contributed by atoms with van der Waals surface area (Å²) in [6.07, 6.45) is 6.13. The minimum atomic E-state index is -4.09. The van der Waals surface area contributed by atoms with Crippen LogP contribution in [0.2, 0.25) is 0 Å². The van der Waals surface area contributed by atoms with Crippen molar-refractivity contribution in [3.63, 3.8) is 0 Å². The molecule has 1 N–H and O–H groups in total. The molecule has 0 aliphatic carbocycles. The standard InChI is InChI=1S/C10H18F3NS/c1-2-3-4-5-6-7-14-8-9-15-10(11,12)13/h2,14H,1,3-9H2. The first-order valence-electron chi connectivity index (χ1n) is 5.08. The number of unbranched alkanes of at least 4 members (excludes halogenated alkanes) is 3. The zero-order chi connectivity index (χ0) is 11.6. The Morgan fingerprint density at radius 1 is 1.13 bits per heavy atom. The number of thioether (sulfide) groups is 1. The number of allylic oxidation sites excluding steroid dienone is 1. The fourth-order valence-corrected chi connectivity index (χ4v) is 1.56. The number of hydrogen-bond donors (Lipinski definition) is 1. The summed E-state index contributed by atoms with van der Waals surface area (Å²) in [5.74, 6) is 0.0934. The predicted octanol–water partition coefficient (Wildman–Crippen LogP) is 3.58. The number of alkyl halides is 3. The molecule has 0 aromatic rings. The molecule has 0 aliphatic heterocycles. The second-order valence-electron chi connectivity index (χ2n) is 3.18. The maximum Gasteiger partial charge on any atom is 0.441 e. The number of nitrogens with one attached hydrogen (secondary N) is 1. The van der Waals surface area contributed by atoms with Crippen LogP contribution in [0.25, 0.3) is 0 Å². The average Bonchev–Trinajstić information content (AvgIpc) is 2.14. The van der Waals surface area contributed by atoms with Gasteiger partial charge in [0.25, 0.3) is 0 Å². The van der Waals surface area contributed by atoms with Crippen LogP contribution in [-0.4, -0.2) is 24.4 Å². The third-order valence-electron chi connectivity index (χ3n) is 1.81. The molecule has 0 heterocycles. The monoisotopic (exact) mass is 241 g/mol. The fourth-order valence-electron chi connectivity index (χ4n) is 1.08. The molecule has 0 atom stereocenters. The van der Waals surface area contributed by atoms with Gasteiger partial charge in [-0.1, -0.05) is 12.5 Å². The molecule has 0 amide bonds. The summed E-state index contributed by atoms with van der Waals surface area (Å²) in [5, 5.41) is 2.99. The highest BCUT2D eigenvalue weighted by Gasteiger charge is 2.27. The minimum Gasteiger partial charge on any atom is -0.316 e. The van der Waals surface area contributed by atoms with Gasteiger partial charge >= 0.3 is 5.51 Å². The van der Waals surface area contributed by atoms with Crippen molar-refractivity contribution in [2.45, 2.75) is 31.2 Å². The quantitative estimate of drug-likeness (QED) is 0.489. The Morgan fingerprint density at radius 2 is 1.87 bits per heavy atom. The van der Waals surface area contributed by atoms with E-state index in [1.54, 1.807) is 0 Å². The van der Waals surface area contributed by atoms with Crippen LogP contribution in [0.5, 0.6) is 0 Å². The molecule has 0 fully saturated rings. The molecule has 0 saturated heterocycles. The smallest absolute Gasteiger partial charge is 0.316 e. The van der Waals surface area contributed by atoms with E-state index in [2.05, 4.69) is 11.9 Å². The number of halogens is 3. The average molecular weight is 241 g/mol. The Labute approximate surface area is 93.5 Å². The molecule has 0 aromatic heterocycles. The lowest BCUT2D eigenvalue weighted by Crippen LogP contribution is -2.19. The molecule has 0 aromatic carbocycles. The van der Waals surface area contributed by atoms with Crippen LogP contribution in [0.4, 0.5) is 13.2 Å². The molecule has 0 unspecified atom stereocenters. The summed E-state index contributed by atoms with van der Waals surface area (Å²) in [6.45, 7) is 4.84. The molecule has 0 spiro atoms. The second kappa shape index (κ2) is 9.09. The highest BCUT2D eigenvalue weighted by Crippen LogP contribution is 2.29. The van der Waals surface area contributed by atoms with Gasteiger partial charge in [0, 0.05) is 12.3 Å². The molecule has 0 radical (unpaired) electrons. The van der Waals surface area contributed by atoms with E-state index in [9.17, 15) is 13.2 Å². The lowest BCUT2D eigenvalue weighted by molar-refractivity contribution is -0.0327. The first-order chi connectivity index (χ1) is 7.06. The van der Waals surface area contributed by atoms with Gasteiger partial charge in [-0.25, -0.2) is 0 Å². The van der Waals surface area contributed by atoms with Gasteiger partial charge in [0.15, 0.2) is 0 Å². The van der Waals surface area contributed by atoms with Crippen molar-refractivity contribution < 1.29 is 13.2 Å². The zero-order valence-corrected chi connectivity index (χ0v) is 9.59. The van der Waals surface area contributed by atoms with Crippen molar-refractivity contribution in [2.75, 3.05) is 18.8 Å². The maximum absolute atomic E-state index is 11.7. The van der Waals surface area contributed by atoms with Crippen LogP contribution in [0.1, 0.15) is 25.7 Å². The normalized spacial score (nSPS) is 11.7. The minimum absolute atomic E-state index is 0.0297. The van der Waals surface area contributed by atoms with Gasteiger partial charge in [0.05, 0.1) is 0 Å². The largest absolute Gasteiger partial charge is 0.441 e. The van der Waals surface area contributed by atoms with Crippen molar-refractivity contribution in [3.05, 3.63) is 12.7 Å². The van der Waals surface area contributed by atoms with Crippen LogP contribution < -0.4 is 5.32 Å². The van der Waals surface area contributed by atoms with E-state index in [0.717, 1.165) is 32.2 Å². The van der Waals surface area contributed by atoms with Gasteiger partial charge < -0.3 is 5.32 Å². The van der Waals surface area contributed by atoms with E-state index in [1.807, 2.05) is 6.08 Å². The Balaban J connectivity index is 3.02. The third-order valence-corrected chi connectivity index (χ3v) is 2.54. The molecule has 1 nitrogen and oxygen atoms in total. The lowest BCUT2D eigenvalue weighted by Gasteiger charge is -2.06. The zero-order valence-electron chi connectivity index (χ0n) is 8.78. The van der Waals surface area contributed by atoms with E-state index in [0.29, 0.717) is 6.54 Å². The first kappa shape index (κ1) is 14.8. The van der Waals surface area contributed by atoms with Crippen molar-refractivity contribution in [1.82, 2.24) is 5.32 Å². The highest BCUT2D eigenvalue weighted by atomic mass is 32.2. The lowest BCUT2D eigenvalue weighted by atomic mass is 10.2. The number of rotatable bonds is 9. The molecule has 0 bridgehead atoms. The Morgan fingerprint density at radius 3 is 2.47 bits per heavy atom.